The van der Waals surface area contributed by atoms with Gasteiger partial charge in [-0.25, -0.2) is 13.1 Å². The summed E-state index contributed by atoms with van der Waals surface area (Å²) < 4.78 is 30.6. The minimum absolute atomic E-state index is 0. The number of methoxy groups -OCH3 is 1. The first-order chi connectivity index (χ1) is 6.25. The molecule has 0 aromatic carbocycles. The summed E-state index contributed by atoms with van der Waals surface area (Å²) in [7, 11) is -1.87. The van der Waals surface area contributed by atoms with E-state index >= 15 is 0 Å². The molecule has 0 aliphatic carbocycles. The molecule has 7 heteroatoms. The third-order valence-corrected chi connectivity index (χ3v) is 3.89. The van der Waals surface area contributed by atoms with Crippen molar-refractivity contribution in [3.05, 3.63) is 0 Å². The van der Waals surface area contributed by atoms with Gasteiger partial charge in [0.1, 0.15) is 0 Å². The van der Waals surface area contributed by atoms with Gasteiger partial charge in [-0.2, -0.15) is 0 Å². The zero-order valence-electron chi connectivity index (χ0n) is 9.61. The highest BCUT2D eigenvalue weighted by atomic mass is 35.5. The van der Waals surface area contributed by atoms with Crippen LogP contribution < -0.4 is 10.5 Å². The molecule has 94 valence electrons. The van der Waals surface area contributed by atoms with Crippen LogP contribution in [0.15, 0.2) is 0 Å². The average Bonchev–Trinajstić information content (AvgIpc) is 2.03. The van der Waals surface area contributed by atoms with Crippen molar-refractivity contribution in [2.45, 2.75) is 31.6 Å². The van der Waals surface area contributed by atoms with Gasteiger partial charge in [-0.1, -0.05) is 0 Å². The molecule has 0 rings (SSSR count). The fourth-order valence-electron chi connectivity index (χ4n) is 0.852. The van der Waals surface area contributed by atoms with Crippen molar-refractivity contribution in [3.63, 3.8) is 0 Å². The first-order valence-electron chi connectivity index (χ1n) is 4.47. The zero-order chi connectivity index (χ0) is 11.4. The Bertz CT molecular complexity index is 267. The van der Waals surface area contributed by atoms with E-state index in [4.69, 9.17) is 10.5 Å². The molecule has 1 atom stereocenters. The highest BCUT2D eigenvalue weighted by Gasteiger charge is 2.27. The molecule has 5 nitrogen and oxygen atoms in total. The second-order valence-corrected chi connectivity index (χ2v) is 6.10. The Morgan fingerprint density at radius 1 is 1.47 bits per heavy atom. The maximum absolute atomic E-state index is 11.6. The van der Waals surface area contributed by atoms with Gasteiger partial charge in [0.2, 0.25) is 10.0 Å². The van der Waals surface area contributed by atoms with Gasteiger partial charge in [0.15, 0.2) is 0 Å². The molecule has 0 amide bonds. The smallest absolute Gasteiger partial charge is 0.217 e. The van der Waals surface area contributed by atoms with Crippen molar-refractivity contribution in [1.82, 2.24) is 4.72 Å². The van der Waals surface area contributed by atoms with Crippen LogP contribution >= 0.6 is 12.4 Å². The van der Waals surface area contributed by atoms with Gasteiger partial charge in [-0.3, -0.25) is 0 Å². The summed E-state index contributed by atoms with van der Waals surface area (Å²) >= 11 is 0. The highest BCUT2D eigenvalue weighted by molar-refractivity contribution is 7.90. The number of rotatable bonds is 6. The molecule has 1 unspecified atom stereocenters. The normalized spacial score (nSPS) is 14.5. The van der Waals surface area contributed by atoms with E-state index in [1.807, 2.05) is 0 Å². The van der Waals surface area contributed by atoms with Gasteiger partial charge in [0.25, 0.3) is 0 Å². The molecule has 0 saturated heterocycles. The third-order valence-electron chi connectivity index (χ3n) is 1.86. The van der Waals surface area contributed by atoms with E-state index in [1.54, 1.807) is 20.8 Å². The lowest BCUT2D eigenvalue weighted by molar-refractivity contribution is 0.199. The summed E-state index contributed by atoms with van der Waals surface area (Å²) in [6.45, 7) is 5.51. The Hall–Kier alpha value is 0.120. The Kier molecular flexibility index (Phi) is 7.76. The monoisotopic (exact) mass is 260 g/mol. The summed E-state index contributed by atoms with van der Waals surface area (Å²) in [6, 6.07) is 0. The SMILES string of the molecule is COCC(C)S(=O)(=O)NC(C)(C)CN.Cl. The van der Waals surface area contributed by atoms with Crippen LogP contribution in [0.2, 0.25) is 0 Å². The largest absolute Gasteiger partial charge is 0.383 e. The summed E-state index contributed by atoms with van der Waals surface area (Å²) in [4.78, 5) is 0. The van der Waals surface area contributed by atoms with Gasteiger partial charge < -0.3 is 10.5 Å². The van der Waals surface area contributed by atoms with Gasteiger partial charge in [-0.05, 0) is 20.8 Å². The lowest BCUT2D eigenvalue weighted by Gasteiger charge is -2.26. The molecule has 3 N–H and O–H groups in total. The number of hydrogen-bond acceptors (Lipinski definition) is 4. The quantitative estimate of drug-likeness (QED) is 0.710. The van der Waals surface area contributed by atoms with Crippen molar-refractivity contribution >= 4 is 22.4 Å². The fraction of sp³-hybridized carbons (Fsp3) is 1.00. The Balaban J connectivity index is 0. The van der Waals surface area contributed by atoms with Crippen LogP contribution in [0.5, 0.6) is 0 Å². The molecule has 0 saturated carbocycles. The van der Waals surface area contributed by atoms with Crippen LogP contribution in [-0.4, -0.2) is 39.5 Å². The molecular weight excluding hydrogens is 240 g/mol. The van der Waals surface area contributed by atoms with E-state index in [9.17, 15) is 8.42 Å². The Morgan fingerprint density at radius 2 is 1.93 bits per heavy atom. The fourth-order valence-corrected chi connectivity index (χ4v) is 2.22. The van der Waals surface area contributed by atoms with E-state index in [2.05, 4.69) is 4.72 Å². The van der Waals surface area contributed by atoms with E-state index in [1.165, 1.54) is 7.11 Å². The summed E-state index contributed by atoms with van der Waals surface area (Å²) in [5, 5.41) is -0.571. The van der Waals surface area contributed by atoms with E-state index in [-0.39, 0.29) is 25.6 Å². The standard InChI is InChI=1S/C8H20N2O3S.ClH/c1-7(5-13-4)14(11,12)10-8(2,3)6-9;/h7,10H,5-6,9H2,1-4H3;1H. The predicted molar refractivity (Wildman–Crippen MR) is 63.8 cm³/mol. The number of hydrogen-bond donors (Lipinski definition) is 2. The predicted octanol–water partition coefficient (Wildman–Crippen LogP) is 0.0998. The second-order valence-electron chi connectivity index (χ2n) is 4.00. The van der Waals surface area contributed by atoms with Crippen LogP contribution in [0, 0.1) is 0 Å². The molecule has 0 aliphatic rings. The van der Waals surface area contributed by atoms with Crippen LogP contribution in [0.3, 0.4) is 0 Å². The van der Waals surface area contributed by atoms with Gasteiger partial charge in [0, 0.05) is 19.2 Å². The zero-order valence-corrected chi connectivity index (χ0v) is 11.2. The van der Waals surface area contributed by atoms with Crippen molar-refractivity contribution in [1.29, 1.82) is 0 Å². The van der Waals surface area contributed by atoms with Crippen LogP contribution in [0.1, 0.15) is 20.8 Å². The minimum atomic E-state index is -3.35. The molecule has 0 bridgehead atoms. The molecule has 0 heterocycles. The van der Waals surface area contributed by atoms with Crippen molar-refractivity contribution < 1.29 is 13.2 Å². The first kappa shape index (κ1) is 17.5. The summed E-state index contributed by atoms with van der Waals surface area (Å²) in [5.74, 6) is 0. The van der Waals surface area contributed by atoms with Crippen molar-refractivity contribution in [3.8, 4) is 0 Å². The van der Waals surface area contributed by atoms with Crippen molar-refractivity contribution in [2.24, 2.45) is 5.73 Å². The molecular formula is C8H21ClN2O3S. The Morgan fingerprint density at radius 3 is 2.27 bits per heavy atom. The first-order valence-corrected chi connectivity index (χ1v) is 6.01. The van der Waals surface area contributed by atoms with Gasteiger partial charge >= 0.3 is 0 Å². The number of halogens is 1. The van der Waals surface area contributed by atoms with E-state index < -0.39 is 20.8 Å². The number of nitrogens with one attached hydrogen (secondary N) is 1. The van der Waals surface area contributed by atoms with Crippen LogP contribution in [0.4, 0.5) is 0 Å². The third kappa shape index (κ3) is 6.32. The molecule has 0 aliphatic heterocycles. The maximum atomic E-state index is 11.6. The lowest BCUT2D eigenvalue weighted by Crippen LogP contribution is -2.51. The molecule has 0 aromatic rings. The van der Waals surface area contributed by atoms with Crippen molar-refractivity contribution in [2.75, 3.05) is 20.3 Å². The van der Waals surface area contributed by atoms with Gasteiger partial charge in [-0.15, -0.1) is 12.4 Å². The van der Waals surface area contributed by atoms with Crippen LogP contribution in [0.25, 0.3) is 0 Å². The number of nitrogens with two attached hydrogens (primary N) is 1. The molecule has 15 heavy (non-hydrogen) atoms. The molecule has 0 fully saturated rings. The number of ether oxygens (including phenoxy) is 1. The molecule has 0 spiro atoms. The van der Waals surface area contributed by atoms with Crippen LogP contribution in [-0.2, 0) is 14.8 Å². The maximum Gasteiger partial charge on any atom is 0.217 e. The topological polar surface area (TPSA) is 81.4 Å². The van der Waals surface area contributed by atoms with Gasteiger partial charge in [0.05, 0.1) is 11.9 Å². The Labute approximate surface area is 98.2 Å². The molecule has 0 aromatic heterocycles. The average molecular weight is 261 g/mol. The minimum Gasteiger partial charge on any atom is -0.383 e. The summed E-state index contributed by atoms with van der Waals surface area (Å²) in [6.07, 6.45) is 0. The van der Waals surface area contributed by atoms with E-state index in [0.29, 0.717) is 0 Å². The lowest BCUT2D eigenvalue weighted by atomic mass is 10.1. The second kappa shape index (κ2) is 6.65. The van der Waals surface area contributed by atoms with E-state index in [0.717, 1.165) is 0 Å². The highest BCUT2D eigenvalue weighted by Crippen LogP contribution is 2.06. The summed E-state index contributed by atoms with van der Waals surface area (Å²) in [5.41, 5.74) is 4.82. The molecule has 0 radical (unpaired) electrons. The number of sulfonamides is 1.